The number of sulfone groups is 1. The van der Waals surface area contributed by atoms with Crippen molar-refractivity contribution < 1.29 is 12.8 Å². The molecule has 1 heterocycles. The van der Waals surface area contributed by atoms with Crippen LogP contribution in [-0.4, -0.2) is 32.7 Å². The molecule has 4 nitrogen and oxygen atoms in total. The highest BCUT2D eigenvalue weighted by Crippen LogP contribution is 2.16. The van der Waals surface area contributed by atoms with Crippen LogP contribution in [-0.2, 0) is 16.4 Å². The third-order valence-corrected chi connectivity index (χ3v) is 5.38. The van der Waals surface area contributed by atoms with E-state index < -0.39 is 9.84 Å². The fourth-order valence-electron chi connectivity index (χ4n) is 1.95. The zero-order valence-corrected chi connectivity index (χ0v) is 14.4. The van der Waals surface area contributed by atoms with Crippen molar-refractivity contribution in [2.45, 2.75) is 18.4 Å². The van der Waals surface area contributed by atoms with Gasteiger partial charge in [-0.3, -0.25) is 4.90 Å². The molecular formula is C15H18BrNO3S. The van der Waals surface area contributed by atoms with Gasteiger partial charge in [0, 0.05) is 11.0 Å². The van der Waals surface area contributed by atoms with Crippen molar-refractivity contribution in [2.75, 3.05) is 19.3 Å². The molecule has 0 fully saturated rings. The van der Waals surface area contributed by atoms with Crippen LogP contribution in [0.4, 0.5) is 0 Å². The second kappa shape index (κ2) is 6.77. The van der Waals surface area contributed by atoms with Crippen molar-refractivity contribution in [2.24, 2.45) is 0 Å². The van der Waals surface area contributed by atoms with Gasteiger partial charge in [-0.15, -0.1) is 0 Å². The minimum atomic E-state index is -3.25. The van der Waals surface area contributed by atoms with Crippen LogP contribution < -0.4 is 0 Å². The minimum absolute atomic E-state index is 0.0881. The molecule has 0 bridgehead atoms. The largest absolute Gasteiger partial charge is 0.465 e. The van der Waals surface area contributed by atoms with Crippen LogP contribution in [0.2, 0.25) is 0 Å². The third-order valence-electron chi connectivity index (χ3n) is 3.14. The standard InChI is InChI=1S/C15H18BrNO3S/c1-12-3-6-14(20-12)11-17(2)9-10-21(18,19)15-7-4-13(16)5-8-15/h3-8H,9-11H2,1-2H3. The van der Waals surface area contributed by atoms with E-state index in [1.54, 1.807) is 24.3 Å². The summed E-state index contributed by atoms with van der Waals surface area (Å²) in [6.07, 6.45) is 0. The molecule has 6 heteroatoms. The molecule has 0 saturated heterocycles. The Hall–Kier alpha value is -1.11. The Labute approximate surface area is 133 Å². The summed E-state index contributed by atoms with van der Waals surface area (Å²) >= 11 is 3.30. The summed E-state index contributed by atoms with van der Waals surface area (Å²) in [5.74, 6) is 1.79. The van der Waals surface area contributed by atoms with Gasteiger partial charge in [-0.1, -0.05) is 15.9 Å². The quantitative estimate of drug-likeness (QED) is 0.781. The van der Waals surface area contributed by atoms with Gasteiger partial charge in [-0.05, 0) is 50.4 Å². The lowest BCUT2D eigenvalue weighted by Crippen LogP contribution is -2.25. The topological polar surface area (TPSA) is 50.5 Å². The van der Waals surface area contributed by atoms with E-state index in [4.69, 9.17) is 4.42 Å². The van der Waals surface area contributed by atoms with E-state index in [9.17, 15) is 8.42 Å². The Bertz CT molecular complexity index is 692. The van der Waals surface area contributed by atoms with Crippen LogP contribution in [0.3, 0.4) is 0 Å². The van der Waals surface area contributed by atoms with E-state index in [2.05, 4.69) is 15.9 Å². The summed E-state index contributed by atoms with van der Waals surface area (Å²) in [5.41, 5.74) is 0. The monoisotopic (exact) mass is 371 g/mol. The van der Waals surface area contributed by atoms with Crippen molar-refractivity contribution in [1.29, 1.82) is 0 Å². The first kappa shape index (κ1) is 16.3. The van der Waals surface area contributed by atoms with Crippen LogP contribution in [0, 0.1) is 6.92 Å². The fraction of sp³-hybridized carbons (Fsp3) is 0.333. The van der Waals surface area contributed by atoms with E-state index in [1.165, 1.54) is 0 Å². The molecule has 0 amide bonds. The molecule has 0 spiro atoms. The number of benzene rings is 1. The molecular weight excluding hydrogens is 354 g/mol. The number of halogens is 1. The highest BCUT2D eigenvalue weighted by molar-refractivity contribution is 9.10. The lowest BCUT2D eigenvalue weighted by atomic mass is 10.4. The summed E-state index contributed by atoms with van der Waals surface area (Å²) in [6.45, 7) is 2.95. The van der Waals surface area contributed by atoms with E-state index in [-0.39, 0.29) is 5.75 Å². The molecule has 21 heavy (non-hydrogen) atoms. The van der Waals surface area contributed by atoms with Crippen molar-refractivity contribution in [3.05, 3.63) is 52.4 Å². The molecule has 2 aromatic rings. The van der Waals surface area contributed by atoms with Gasteiger partial charge in [-0.25, -0.2) is 8.42 Å². The van der Waals surface area contributed by atoms with Crippen LogP contribution in [0.15, 0.2) is 50.2 Å². The maximum atomic E-state index is 12.2. The van der Waals surface area contributed by atoms with Gasteiger partial charge >= 0.3 is 0 Å². The maximum Gasteiger partial charge on any atom is 0.179 e. The zero-order chi connectivity index (χ0) is 15.5. The molecule has 0 N–H and O–H groups in total. The van der Waals surface area contributed by atoms with E-state index in [1.807, 2.05) is 31.0 Å². The SMILES string of the molecule is Cc1ccc(CN(C)CCS(=O)(=O)c2ccc(Br)cc2)o1. The van der Waals surface area contributed by atoms with Crippen molar-refractivity contribution >= 4 is 25.8 Å². The summed E-state index contributed by atoms with van der Waals surface area (Å²) in [6, 6.07) is 10.5. The number of hydrogen-bond donors (Lipinski definition) is 0. The molecule has 0 atom stereocenters. The van der Waals surface area contributed by atoms with Gasteiger partial charge < -0.3 is 4.42 Å². The fourth-order valence-corrected chi connectivity index (χ4v) is 3.55. The average Bonchev–Trinajstić information content (AvgIpc) is 2.82. The first-order chi connectivity index (χ1) is 9.87. The molecule has 0 aliphatic rings. The van der Waals surface area contributed by atoms with Gasteiger partial charge in [0.2, 0.25) is 0 Å². The third kappa shape index (κ3) is 4.69. The number of furan rings is 1. The van der Waals surface area contributed by atoms with E-state index in [0.29, 0.717) is 18.0 Å². The molecule has 114 valence electrons. The van der Waals surface area contributed by atoms with Gasteiger partial charge in [-0.2, -0.15) is 0 Å². The lowest BCUT2D eigenvalue weighted by Gasteiger charge is -2.15. The molecule has 0 radical (unpaired) electrons. The van der Waals surface area contributed by atoms with Gasteiger partial charge in [0.05, 0.1) is 17.2 Å². The second-order valence-corrected chi connectivity index (χ2v) is 8.05. The second-order valence-electron chi connectivity index (χ2n) is 5.02. The van der Waals surface area contributed by atoms with Gasteiger partial charge in [0.15, 0.2) is 9.84 Å². The Morgan fingerprint density at radius 3 is 2.38 bits per heavy atom. The number of nitrogens with zero attached hydrogens (tertiary/aromatic N) is 1. The van der Waals surface area contributed by atoms with Crippen LogP contribution >= 0.6 is 15.9 Å². The van der Waals surface area contributed by atoms with Crippen molar-refractivity contribution in [1.82, 2.24) is 4.90 Å². The highest BCUT2D eigenvalue weighted by atomic mass is 79.9. The Morgan fingerprint density at radius 1 is 1.14 bits per heavy atom. The van der Waals surface area contributed by atoms with Crippen molar-refractivity contribution in [3.8, 4) is 0 Å². The number of rotatable bonds is 6. The van der Waals surface area contributed by atoms with E-state index >= 15 is 0 Å². The normalized spacial score (nSPS) is 12.0. The molecule has 0 saturated carbocycles. The Balaban J connectivity index is 1.93. The van der Waals surface area contributed by atoms with E-state index in [0.717, 1.165) is 16.0 Å². The first-order valence-corrected chi connectivity index (χ1v) is 9.03. The summed E-state index contributed by atoms with van der Waals surface area (Å²) in [5, 5.41) is 0. The van der Waals surface area contributed by atoms with Gasteiger partial charge in [0.1, 0.15) is 11.5 Å². The number of aryl methyl sites for hydroxylation is 1. The van der Waals surface area contributed by atoms with Crippen LogP contribution in [0.25, 0.3) is 0 Å². The predicted octanol–water partition coefficient (Wildman–Crippen LogP) is 3.26. The minimum Gasteiger partial charge on any atom is -0.465 e. The summed E-state index contributed by atoms with van der Waals surface area (Å²) in [7, 11) is -1.37. The smallest absolute Gasteiger partial charge is 0.179 e. The first-order valence-electron chi connectivity index (χ1n) is 6.59. The van der Waals surface area contributed by atoms with Crippen molar-refractivity contribution in [3.63, 3.8) is 0 Å². The summed E-state index contributed by atoms with van der Waals surface area (Å²) in [4.78, 5) is 2.29. The Kier molecular flexibility index (Phi) is 5.24. The summed E-state index contributed by atoms with van der Waals surface area (Å²) < 4.78 is 30.8. The zero-order valence-electron chi connectivity index (χ0n) is 12.0. The molecule has 1 aromatic carbocycles. The molecule has 2 rings (SSSR count). The van der Waals surface area contributed by atoms with Crippen LogP contribution in [0.5, 0.6) is 0 Å². The highest BCUT2D eigenvalue weighted by Gasteiger charge is 2.15. The number of hydrogen-bond acceptors (Lipinski definition) is 4. The van der Waals surface area contributed by atoms with Crippen LogP contribution in [0.1, 0.15) is 11.5 Å². The molecule has 0 unspecified atom stereocenters. The molecule has 1 aromatic heterocycles. The molecule has 0 aliphatic heterocycles. The lowest BCUT2D eigenvalue weighted by molar-refractivity contribution is 0.306. The Morgan fingerprint density at radius 2 is 1.81 bits per heavy atom. The maximum absolute atomic E-state index is 12.2. The molecule has 0 aliphatic carbocycles. The average molecular weight is 372 g/mol. The van der Waals surface area contributed by atoms with Gasteiger partial charge in [0.25, 0.3) is 0 Å². The predicted molar refractivity (Wildman–Crippen MR) is 86.0 cm³/mol.